The molecule has 2 heterocycles. The van der Waals surface area contributed by atoms with Crippen LogP contribution in [0.2, 0.25) is 5.02 Å². The number of benzene rings is 2. The predicted molar refractivity (Wildman–Crippen MR) is 133 cm³/mol. The number of aromatic nitrogens is 2. The van der Waals surface area contributed by atoms with Crippen LogP contribution >= 0.6 is 11.6 Å². The Kier molecular flexibility index (Phi) is 6.53. The Labute approximate surface area is 204 Å². The molecular formula is C27H28ClFN4O. The van der Waals surface area contributed by atoms with Crippen LogP contribution in [-0.4, -0.2) is 33.8 Å². The molecule has 0 bridgehead atoms. The molecule has 1 saturated heterocycles. The summed E-state index contributed by atoms with van der Waals surface area (Å²) in [5, 5.41) is 7.39. The van der Waals surface area contributed by atoms with Crippen LogP contribution in [0.5, 0.6) is 0 Å². The quantitative estimate of drug-likeness (QED) is 0.501. The SMILES string of the molecule is Cc1ccc(-n2nc(C(=O)NN3CCCCC3)c3c2/C(=C/c2ccc(F)cc2)CCC3)c(Cl)c1. The van der Waals surface area contributed by atoms with Crippen molar-refractivity contribution < 1.29 is 9.18 Å². The number of hydrogen-bond acceptors (Lipinski definition) is 3. The average molecular weight is 479 g/mol. The summed E-state index contributed by atoms with van der Waals surface area (Å²) in [5.41, 5.74) is 9.13. The number of fused-ring (bicyclic) bond motifs is 1. The van der Waals surface area contributed by atoms with Gasteiger partial charge in [0, 0.05) is 18.7 Å². The van der Waals surface area contributed by atoms with Crippen molar-refractivity contribution in [3.05, 3.63) is 81.4 Å². The van der Waals surface area contributed by atoms with E-state index in [1.54, 1.807) is 12.1 Å². The van der Waals surface area contributed by atoms with Gasteiger partial charge in [0.05, 0.1) is 16.4 Å². The van der Waals surface area contributed by atoms with Gasteiger partial charge in [-0.15, -0.1) is 0 Å². The largest absolute Gasteiger partial charge is 0.286 e. The van der Waals surface area contributed by atoms with Crippen LogP contribution in [0.25, 0.3) is 17.3 Å². The number of hydrogen-bond donors (Lipinski definition) is 1. The Bertz CT molecular complexity index is 1240. The number of hydrazine groups is 1. The van der Waals surface area contributed by atoms with Crippen molar-refractivity contribution in [1.29, 1.82) is 0 Å². The molecule has 0 radical (unpaired) electrons. The molecule has 1 aromatic heterocycles. The van der Waals surface area contributed by atoms with Crippen molar-refractivity contribution in [3.63, 3.8) is 0 Å². The van der Waals surface area contributed by atoms with Crippen molar-refractivity contribution in [2.75, 3.05) is 13.1 Å². The predicted octanol–water partition coefficient (Wildman–Crippen LogP) is 5.98. The van der Waals surface area contributed by atoms with Crippen LogP contribution in [-0.2, 0) is 6.42 Å². The Morgan fingerprint density at radius 1 is 1.06 bits per heavy atom. The van der Waals surface area contributed by atoms with E-state index in [0.717, 1.165) is 78.8 Å². The summed E-state index contributed by atoms with van der Waals surface area (Å²) < 4.78 is 15.3. The van der Waals surface area contributed by atoms with E-state index in [9.17, 15) is 9.18 Å². The highest BCUT2D eigenvalue weighted by molar-refractivity contribution is 6.32. The van der Waals surface area contributed by atoms with Gasteiger partial charge in [0.1, 0.15) is 5.82 Å². The Morgan fingerprint density at radius 3 is 2.56 bits per heavy atom. The van der Waals surface area contributed by atoms with E-state index in [4.69, 9.17) is 16.7 Å². The van der Waals surface area contributed by atoms with E-state index < -0.39 is 0 Å². The lowest BCUT2D eigenvalue weighted by Gasteiger charge is -2.26. The highest BCUT2D eigenvalue weighted by atomic mass is 35.5. The number of rotatable bonds is 4. The number of allylic oxidation sites excluding steroid dienone is 1. The van der Waals surface area contributed by atoms with E-state index >= 15 is 0 Å². The first-order valence-electron chi connectivity index (χ1n) is 11.9. The fourth-order valence-electron chi connectivity index (χ4n) is 4.83. The van der Waals surface area contributed by atoms with Gasteiger partial charge in [-0.1, -0.05) is 36.2 Å². The van der Waals surface area contributed by atoms with E-state index in [-0.39, 0.29) is 11.7 Å². The minimum atomic E-state index is -0.264. The van der Waals surface area contributed by atoms with E-state index in [0.29, 0.717) is 10.7 Å². The molecule has 0 unspecified atom stereocenters. The van der Waals surface area contributed by atoms with Gasteiger partial charge in [0.25, 0.3) is 5.91 Å². The molecular weight excluding hydrogens is 451 g/mol. The van der Waals surface area contributed by atoms with Gasteiger partial charge in [-0.25, -0.2) is 14.1 Å². The van der Waals surface area contributed by atoms with Crippen molar-refractivity contribution in [1.82, 2.24) is 20.2 Å². The summed E-state index contributed by atoms with van der Waals surface area (Å²) in [6, 6.07) is 12.3. The second-order valence-electron chi connectivity index (χ2n) is 9.11. The maximum absolute atomic E-state index is 13.5. The third-order valence-electron chi connectivity index (χ3n) is 6.53. The van der Waals surface area contributed by atoms with Gasteiger partial charge in [0.15, 0.2) is 5.69 Å². The third-order valence-corrected chi connectivity index (χ3v) is 6.84. The summed E-state index contributed by atoms with van der Waals surface area (Å²) in [4.78, 5) is 13.3. The molecule has 0 atom stereocenters. The maximum Gasteiger partial charge on any atom is 0.286 e. The lowest BCUT2D eigenvalue weighted by atomic mass is 9.89. The summed E-state index contributed by atoms with van der Waals surface area (Å²) >= 11 is 6.65. The molecule has 3 aromatic rings. The fourth-order valence-corrected chi connectivity index (χ4v) is 5.15. The van der Waals surface area contributed by atoms with Gasteiger partial charge in [-0.3, -0.25) is 10.2 Å². The molecule has 7 heteroatoms. The zero-order valence-electron chi connectivity index (χ0n) is 19.3. The van der Waals surface area contributed by atoms with Gasteiger partial charge in [-0.05, 0) is 86.1 Å². The zero-order valence-corrected chi connectivity index (χ0v) is 20.0. The Morgan fingerprint density at radius 2 is 1.82 bits per heavy atom. The first-order valence-corrected chi connectivity index (χ1v) is 12.3. The molecule has 5 rings (SSSR count). The molecule has 34 heavy (non-hydrogen) atoms. The van der Waals surface area contributed by atoms with Crippen LogP contribution < -0.4 is 5.43 Å². The normalized spacial score (nSPS) is 17.6. The summed E-state index contributed by atoms with van der Waals surface area (Å²) in [6.45, 7) is 3.70. The second kappa shape index (κ2) is 9.72. The van der Waals surface area contributed by atoms with Crippen LogP contribution in [0.4, 0.5) is 4.39 Å². The number of amides is 1. The zero-order chi connectivity index (χ0) is 23.7. The molecule has 1 fully saturated rings. The van der Waals surface area contributed by atoms with Gasteiger partial charge >= 0.3 is 0 Å². The monoisotopic (exact) mass is 478 g/mol. The van der Waals surface area contributed by atoms with Crippen molar-refractivity contribution in [2.24, 2.45) is 0 Å². The topological polar surface area (TPSA) is 50.2 Å². The van der Waals surface area contributed by atoms with Crippen LogP contribution in [0.15, 0.2) is 42.5 Å². The molecule has 2 aliphatic rings. The smallest absolute Gasteiger partial charge is 0.283 e. The molecule has 1 aliphatic carbocycles. The Hall–Kier alpha value is -2.96. The van der Waals surface area contributed by atoms with E-state index in [1.807, 2.05) is 34.8 Å². The maximum atomic E-state index is 13.5. The fraction of sp³-hybridized carbons (Fsp3) is 0.333. The molecule has 0 spiro atoms. The highest BCUT2D eigenvalue weighted by Gasteiger charge is 2.30. The molecule has 5 nitrogen and oxygen atoms in total. The standard InChI is InChI=1S/C27H28ClFN4O/c1-18-8-13-24(23(28)16-18)33-26-20(17-19-9-11-21(29)12-10-19)6-5-7-22(26)25(30-33)27(34)31-32-14-3-2-4-15-32/h8-13,16-17H,2-7,14-15H2,1H3,(H,31,34)/b20-17+. The summed E-state index contributed by atoms with van der Waals surface area (Å²) in [7, 11) is 0. The first-order chi connectivity index (χ1) is 16.5. The summed E-state index contributed by atoms with van der Waals surface area (Å²) in [6.07, 6.45) is 7.93. The van der Waals surface area contributed by atoms with Crippen LogP contribution in [0.3, 0.4) is 0 Å². The van der Waals surface area contributed by atoms with Gasteiger partial charge in [-0.2, -0.15) is 5.10 Å². The minimum Gasteiger partial charge on any atom is -0.283 e. The molecule has 1 amide bonds. The van der Waals surface area contributed by atoms with Crippen molar-refractivity contribution in [2.45, 2.75) is 45.4 Å². The lowest BCUT2D eigenvalue weighted by molar-refractivity contribution is 0.0743. The number of halogens is 2. The highest BCUT2D eigenvalue weighted by Crippen LogP contribution is 2.37. The summed E-state index contributed by atoms with van der Waals surface area (Å²) in [5.74, 6) is -0.442. The number of piperidine rings is 1. The molecule has 1 N–H and O–H groups in total. The Balaban J connectivity index is 1.61. The van der Waals surface area contributed by atoms with Crippen LogP contribution in [0, 0.1) is 12.7 Å². The third kappa shape index (κ3) is 4.65. The minimum absolute atomic E-state index is 0.178. The molecule has 2 aromatic carbocycles. The molecule has 176 valence electrons. The van der Waals surface area contributed by atoms with Gasteiger partial charge in [0.2, 0.25) is 0 Å². The average Bonchev–Trinajstić information content (AvgIpc) is 3.22. The number of nitrogens with zero attached hydrogens (tertiary/aromatic N) is 3. The number of nitrogens with one attached hydrogen (secondary N) is 1. The van der Waals surface area contributed by atoms with Crippen molar-refractivity contribution >= 4 is 29.2 Å². The number of carbonyl (C=O) groups is 1. The first kappa shape index (κ1) is 22.8. The van der Waals surface area contributed by atoms with Gasteiger partial charge < -0.3 is 0 Å². The molecule has 1 aliphatic heterocycles. The van der Waals surface area contributed by atoms with Crippen molar-refractivity contribution in [3.8, 4) is 5.69 Å². The number of carbonyl (C=O) groups excluding carboxylic acids is 1. The number of aryl methyl sites for hydroxylation is 1. The van der Waals surface area contributed by atoms with E-state index in [1.165, 1.54) is 18.6 Å². The molecule has 0 saturated carbocycles. The second-order valence-corrected chi connectivity index (χ2v) is 9.51. The van der Waals surface area contributed by atoms with Crippen LogP contribution in [0.1, 0.15) is 65.0 Å². The lowest BCUT2D eigenvalue weighted by Crippen LogP contribution is -2.45. The van der Waals surface area contributed by atoms with E-state index in [2.05, 4.69) is 11.5 Å².